The number of likely N-dealkylation sites (tertiary alicyclic amines) is 1. The molecule has 0 radical (unpaired) electrons. The minimum absolute atomic E-state index is 0.00175. The van der Waals surface area contributed by atoms with Crippen LogP contribution in [0, 0.1) is 5.92 Å². The van der Waals surface area contributed by atoms with Crippen LogP contribution in [0.25, 0.3) is 0 Å². The molecule has 1 aromatic heterocycles. The first-order valence-corrected chi connectivity index (χ1v) is 5.78. The SMILES string of the molecule is CC1CCN(Cc2ccoc2C(=O)O)CC1O. The Labute approximate surface area is 99.6 Å². The number of carboxylic acid groups (broad SMARTS) is 1. The van der Waals surface area contributed by atoms with Crippen LogP contribution in [0.4, 0.5) is 0 Å². The molecule has 0 bridgehead atoms. The lowest BCUT2D eigenvalue weighted by atomic mass is 9.96. The number of aliphatic hydroxyl groups is 1. The van der Waals surface area contributed by atoms with Crippen molar-refractivity contribution in [3.8, 4) is 0 Å². The average Bonchev–Trinajstić information content (AvgIpc) is 2.72. The fraction of sp³-hybridized carbons (Fsp3) is 0.583. The molecule has 2 rings (SSSR count). The number of furan rings is 1. The van der Waals surface area contributed by atoms with E-state index in [0.717, 1.165) is 13.0 Å². The summed E-state index contributed by atoms with van der Waals surface area (Å²) in [4.78, 5) is 12.9. The van der Waals surface area contributed by atoms with Crippen LogP contribution < -0.4 is 0 Å². The lowest BCUT2D eigenvalue weighted by Crippen LogP contribution is -2.42. The van der Waals surface area contributed by atoms with Gasteiger partial charge in [0.25, 0.3) is 0 Å². The summed E-state index contributed by atoms with van der Waals surface area (Å²) in [7, 11) is 0. The number of aromatic carboxylic acids is 1. The quantitative estimate of drug-likeness (QED) is 0.828. The van der Waals surface area contributed by atoms with E-state index in [9.17, 15) is 9.90 Å². The van der Waals surface area contributed by atoms with Gasteiger partial charge in [0.1, 0.15) is 0 Å². The summed E-state index contributed by atoms with van der Waals surface area (Å²) in [5.74, 6) is -0.733. The molecule has 1 aliphatic heterocycles. The zero-order valence-corrected chi connectivity index (χ0v) is 9.80. The van der Waals surface area contributed by atoms with Crippen LogP contribution in [0.2, 0.25) is 0 Å². The zero-order chi connectivity index (χ0) is 12.4. The Hall–Kier alpha value is -1.33. The second kappa shape index (κ2) is 4.89. The number of carboxylic acids is 1. The number of piperidine rings is 1. The molecule has 2 heterocycles. The van der Waals surface area contributed by atoms with E-state index in [0.29, 0.717) is 24.6 Å². The van der Waals surface area contributed by atoms with Crippen molar-refractivity contribution in [1.82, 2.24) is 4.90 Å². The Balaban J connectivity index is 2.01. The third kappa shape index (κ3) is 2.68. The number of β-amino-alcohol motifs (C(OH)–C–C–N with tert-alkyl or cyclic N) is 1. The van der Waals surface area contributed by atoms with Gasteiger partial charge in [0.05, 0.1) is 12.4 Å². The highest BCUT2D eigenvalue weighted by atomic mass is 16.4. The van der Waals surface area contributed by atoms with E-state index in [1.807, 2.05) is 6.92 Å². The van der Waals surface area contributed by atoms with E-state index < -0.39 is 5.97 Å². The van der Waals surface area contributed by atoms with Gasteiger partial charge in [0.2, 0.25) is 5.76 Å². The van der Waals surface area contributed by atoms with Gasteiger partial charge in [-0.15, -0.1) is 0 Å². The van der Waals surface area contributed by atoms with Gasteiger partial charge >= 0.3 is 5.97 Å². The molecule has 1 aliphatic rings. The highest BCUT2D eigenvalue weighted by molar-refractivity contribution is 5.86. The summed E-state index contributed by atoms with van der Waals surface area (Å²) in [5.41, 5.74) is 0.666. The van der Waals surface area contributed by atoms with Gasteiger partial charge in [-0.25, -0.2) is 4.79 Å². The monoisotopic (exact) mass is 239 g/mol. The molecular formula is C12H17NO4. The van der Waals surface area contributed by atoms with Gasteiger partial charge in [-0.2, -0.15) is 0 Å². The fourth-order valence-electron chi connectivity index (χ4n) is 2.15. The maximum absolute atomic E-state index is 10.9. The van der Waals surface area contributed by atoms with Crippen molar-refractivity contribution in [3.05, 3.63) is 23.7 Å². The van der Waals surface area contributed by atoms with E-state index >= 15 is 0 Å². The van der Waals surface area contributed by atoms with Gasteiger partial charge in [0.15, 0.2) is 0 Å². The van der Waals surface area contributed by atoms with Crippen LogP contribution in [-0.4, -0.2) is 40.3 Å². The Morgan fingerprint density at radius 3 is 3.06 bits per heavy atom. The fourth-order valence-corrected chi connectivity index (χ4v) is 2.15. The minimum atomic E-state index is -1.05. The molecule has 94 valence electrons. The summed E-state index contributed by atoms with van der Waals surface area (Å²) in [6, 6.07) is 1.67. The topological polar surface area (TPSA) is 73.9 Å². The van der Waals surface area contributed by atoms with Crippen molar-refractivity contribution in [3.63, 3.8) is 0 Å². The van der Waals surface area contributed by atoms with Crippen LogP contribution in [0.15, 0.2) is 16.7 Å². The molecule has 1 aromatic rings. The molecule has 0 aliphatic carbocycles. The molecule has 0 aromatic carbocycles. The molecule has 5 nitrogen and oxygen atoms in total. The molecule has 0 amide bonds. The number of aliphatic hydroxyl groups excluding tert-OH is 1. The van der Waals surface area contributed by atoms with Crippen molar-refractivity contribution in [2.24, 2.45) is 5.92 Å². The summed E-state index contributed by atoms with van der Waals surface area (Å²) < 4.78 is 4.93. The zero-order valence-electron chi connectivity index (χ0n) is 9.80. The van der Waals surface area contributed by atoms with Crippen LogP contribution >= 0.6 is 0 Å². The summed E-state index contributed by atoms with van der Waals surface area (Å²) in [6.45, 7) is 4.01. The van der Waals surface area contributed by atoms with E-state index in [-0.39, 0.29) is 11.9 Å². The predicted molar refractivity (Wildman–Crippen MR) is 60.7 cm³/mol. The van der Waals surface area contributed by atoms with Gasteiger partial charge in [0, 0.05) is 18.7 Å². The van der Waals surface area contributed by atoms with Crippen LogP contribution in [-0.2, 0) is 6.54 Å². The Morgan fingerprint density at radius 2 is 2.41 bits per heavy atom. The highest BCUT2D eigenvalue weighted by Gasteiger charge is 2.25. The molecular weight excluding hydrogens is 222 g/mol. The first-order valence-electron chi connectivity index (χ1n) is 5.78. The number of hydrogen-bond donors (Lipinski definition) is 2. The highest BCUT2D eigenvalue weighted by Crippen LogP contribution is 2.20. The molecule has 1 saturated heterocycles. The Morgan fingerprint density at radius 1 is 1.65 bits per heavy atom. The molecule has 5 heteroatoms. The molecule has 1 fully saturated rings. The van der Waals surface area contributed by atoms with E-state index in [1.165, 1.54) is 6.26 Å². The van der Waals surface area contributed by atoms with E-state index in [2.05, 4.69) is 4.90 Å². The predicted octanol–water partition coefficient (Wildman–Crippen LogP) is 1.18. The molecule has 17 heavy (non-hydrogen) atoms. The number of rotatable bonds is 3. The maximum Gasteiger partial charge on any atom is 0.372 e. The first kappa shape index (κ1) is 12.1. The summed E-state index contributed by atoms with van der Waals surface area (Å²) >= 11 is 0. The van der Waals surface area contributed by atoms with Crippen molar-refractivity contribution in [2.45, 2.75) is 26.0 Å². The first-order chi connectivity index (χ1) is 8.08. The average molecular weight is 239 g/mol. The Kier molecular flexibility index (Phi) is 3.49. The number of carbonyl (C=O) groups is 1. The summed E-state index contributed by atoms with van der Waals surface area (Å²) in [5, 5.41) is 18.7. The van der Waals surface area contributed by atoms with E-state index in [1.54, 1.807) is 6.07 Å². The van der Waals surface area contributed by atoms with Crippen LogP contribution in [0.5, 0.6) is 0 Å². The van der Waals surface area contributed by atoms with Gasteiger partial charge < -0.3 is 14.6 Å². The lowest BCUT2D eigenvalue weighted by Gasteiger charge is -2.34. The molecule has 2 unspecified atom stereocenters. The molecule has 0 spiro atoms. The molecule has 2 atom stereocenters. The van der Waals surface area contributed by atoms with Crippen molar-refractivity contribution in [2.75, 3.05) is 13.1 Å². The van der Waals surface area contributed by atoms with Crippen LogP contribution in [0.1, 0.15) is 29.5 Å². The standard InChI is InChI=1S/C12H17NO4/c1-8-2-4-13(7-10(8)14)6-9-3-5-17-11(9)12(15)16/h3,5,8,10,14H,2,4,6-7H2,1H3,(H,15,16). The largest absolute Gasteiger partial charge is 0.475 e. The lowest BCUT2D eigenvalue weighted by molar-refractivity contribution is 0.0256. The van der Waals surface area contributed by atoms with Crippen molar-refractivity contribution < 1.29 is 19.4 Å². The number of hydrogen-bond acceptors (Lipinski definition) is 4. The minimum Gasteiger partial charge on any atom is -0.475 e. The Bertz CT molecular complexity index is 401. The van der Waals surface area contributed by atoms with E-state index in [4.69, 9.17) is 9.52 Å². The smallest absolute Gasteiger partial charge is 0.372 e. The van der Waals surface area contributed by atoms with Crippen LogP contribution in [0.3, 0.4) is 0 Å². The third-order valence-corrected chi connectivity index (χ3v) is 3.34. The van der Waals surface area contributed by atoms with Crippen molar-refractivity contribution in [1.29, 1.82) is 0 Å². The maximum atomic E-state index is 10.9. The third-order valence-electron chi connectivity index (χ3n) is 3.34. The van der Waals surface area contributed by atoms with Gasteiger partial charge in [-0.05, 0) is 24.9 Å². The summed E-state index contributed by atoms with van der Waals surface area (Å²) in [6.07, 6.45) is 1.99. The van der Waals surface area contributed by atoms with Crippen molar-refractivity contribution >= 4 is 5.97 Å². The normalized spacial score (nSPS) is 26.0. The molecule has 0 saturated carbocycles. The van der Waals surface area contributed by atoms with Gasteiger partial charge in [-0.1, -0.05) is 6.92 Å². The molecule has 2 N–H and O–H groups in total. The number of nitrogens with zero attached hydrogens (tertiary/aromatic N) is 1. The van der Waals surface area contributed by atoms with Gasteiger partial charge in [-0.3, -0.25) is 4.90 Å². The second-order valence-corrected chi connectivity index (χ2v) is 4.65. The second-order valence-electron chi connectivity index (χ2n) is 4.65.